The molecule has 1 heterocycles. The Labute approximate surface area is 119 Å². The van der Waals surface area contributed by atoms with Crippen LogP contribution in [0.3, 0.4) is 0 Å². The smallest absolute Gasteiger partial charge is 0.222 e. The van der Waals surface area contributed by atoms with Crippen LogP contribution in [0, 0.1) is 0 Å². The lowest BCUT2D eigenvalue weighted by molar-refractivity contribution is 0.715. The van der Waals surface area contributed by atoms with E-state index in [1.165, 1.54) is 5.30 Å². The van der Waals surface area contributed by atoms with E-state index in [1.54, 1.807) is 0 Å². The van der Waals surface area contributed by atoms with Crippen LogP contribution in [0.2, 0.25) is 0 Å². The molecule has 19 heavy (non-hydrogen) atoms. The van der Waals surface area contributed by atoms with Crippen LogP contribution in [0.25, 0.3) is 5.30 Å². The number of rotatable bonds is 1. The van der Waals surface area contributed by atoms with Crippen LogP contribution in [-0.4, -0.2) is 0 Å². The lowest BCUT2D eigenvalue weighted by Gasteiger charge is -2.35. The Balaban J connectivity index is 2.72. The van der Waals surface area contributed by atoms with Crippen molar-refractivity contribution in [3.05, 3.63) is 40.0 Å². The Bertz CT molecular complexity index is 582. The minimum absolute atomic E-state index is 0.151. The molecule has 0 saturated heterocycles. The minimum atomic E-state index is -0.489. The summed E-state index contributed by atoms with van der Waals surface area (Å²) >= 11 is 0. The first-order valence-corrected chi connectivity index (χ1v) is 12.1. The molecule has 4 heteroatoms. The molecular formula is C15H23OP3. The first-order chi connectivity index (χ1) is 8.64. The van der Waals surface area contributed by atoms with Crippen LogP contribution >= 0.6 is 21.3 Å². The zero-order valence-electron chi connectivity index (χ0n) is 12.6. The molecule has 0 aliphatic heterocycles. The van der Waals surface area contributed by atoms with Gasteiger partial charge in [-0.1, -0.05) is 71.9 Å². The van der Waals surface area contributed by atoms with E-state index in [2.05, 4.69) is 71.9 Å². The van der Waals surface area contributed by atoms with Gasteiger partial charge in [0.05, 0.1) is 0 Å². The predicted molar refractivity (Wildman–Crippen MR) is 92.2 cm³/mol. The average Bonchev–Trinajstić information content (AvgIpc) is 2.22. The maximum absolute atomic E-state index is 12.7. The summed E-state index contributed by atoms with van der Waals surface area (Å²) in [7, 11) is -0.977. The van der Waals surface area contributed by atoms with Gasteiger partial charge in [-0.25, -0.2) is 0 Å². The Morgan fingerprint density at radius 2 is 1.21 bits per heavy atom. The lowest BCUT2D eigenvalue weighted by Crippen LogP contribution is -2.16. The van der Waals surface area contributed by atoms with Crippen LogP contribution < -0.4 is 4.89 Å². The molecule has 0 aliphatic carbocycles. The quantitative estimate of drug-likeness (QED) is 0.587. The van der Waals surface area contributed by atoms with E-state index in [1.807, 2.05) is 0 Å². The van der Waals surface area contributed by atoms with Gasteiger partial charge in [0.1, 0.15) is 0 Å². The normalized spacial score (nSPS) is 15.8. The summed E-state index contributed by atoms with van der Waals surface area (Å²) in [5.74, 6) is 0. The highest BCUT2D eigenvalue weighted by Crippen LogP contribution is 2.79. The van der Waals surface area contributed by atoms with Gasteiger partial charge in [0.25, 0.3) is 0 Å². The minimum Gasteiger partial charge on any atom is -0.280 e. The zero-order valence-corrected chi connectivity index (χ0v) is 15.3. The highest BCUT2D eigenvalue weighted by Gasteiger charge is 2.35. The van der Waals surface area contributed by atoms with E-state index in [0.29, 0.717) is 4.89 Å². The highest BCUT2D eigenvalue weighted by atomic mass is 32.2. The summed E-state index contributed by atoms with van der Waals surface area (Å²) in [6.45, 7) is 13.2. The molecule has 1 aromatic heterocycles. The monoisotopic (exact) mass is 312 g/mol. The second-order valence-corrected chi connectivity index (χ2v) is 18.8. The molecule has 1 aromatic carbocycles. The second kappa shape index (κ2) is 4.96. The summed E-state index contributed by atoms with van der Waals surface area (Å²) < 4.78 is 0. The van der Waals surface area contributed by atoms with E-state index < -0.39 is 14.4 Å². The maximum Gasteiger partial charge on any atom is 0.222 e. The van der Waals surface area contributed by atoms with E-state index in [9.17, 15) is 4.79 Å². The molecule has 0 bridgehead atoms. The van der Waals surface area contributed by atoms with Crippen molar-refractivity contribution >= 4 is 21.3 Å². The molecule has 0 fully saturated rings. The fourth-order valence-electron chi connectivity index (χ4n) is 2.24. The highest BCUT2D eigenvalue weighted by molar-refractivity contribution is 8.42. The molecule has 104 valence electrons. The molecule has 0 spiro atoms. The van der Waals surface area contributed by atoms with Crippen LogP contribution in [0.1, 0.15) is 41.5 Å². The molecule has 2 aromatic rings. The van der Waals surface area contributed by atoms with Crippen molar-refractivity contribution in [1.82, 2.24) is 0 Å². The summed E-state index contributed by atoms with van der Waals surface area (Å²) in [4.78, 5) is 13.3. The van der Waals surface area contributed by atoms with Gasteiger partial charge in [0, 0.05) is 15.6 Å². The largest absolute Gasteiger partial charge is 0.280 e. The molecule has 0 amide bonds. The van der Waals surface area contributed by atoms with E-state index in [4.69, 9.17) is 0 Å². The summed E-state index contributed by atoms with van der Waals surface area (Å²) in [6, 6.07) is 10.8. The predicted octanol–water partition coefficient (Wildman–Crippen LogP) is 6.51. The first-order valence-electron chi connectivity index (χ1n) is 6.63. The summed E-state index contributed by atoms with van der Waals surface area (Å²) in [5.41, 5.74) is 0. The van der Waals surface area contributed by atoms with Crippen molar-refractivity contribution < 1.29 is 0 Å². The third-order valence-corrected chi connectivity index (χ3v) is 21.5. The zero-order chi connectivity index (χ0) is 14.4. The molecule has 0 radical (unpaired) electrons. The molecule has 0 N–H and O–H groups in total. The van der Waals surface area contributed by atoms with Crippen molar-refractivity contribution in [1.29, 1.82) is 0 Å². The average molecular weight is 312 g/mol. The molecule has 0 aliphatic rings. The number of benzene rings is 1. The third-order valence-electron chi connectivity index (χ3n) is 3.00. The van der Waals surface area contributed by atoms with E-state index in [-0.39, 0.29) is 17.2 Å². The van der Waals surface area contributed by atoms with Gasteiger partial charge in [-0.05, 0) is 21.3 Å². The number of hydrogen-bond acceptors (Lipinski definition) is 1. The van der Waals surface area contributed by atoms with Crippen LogP contribution in [-0.2, 0) is 10.3 Å². The van der Waals surface area contributed by atoms with Gasteiger partial charge < -0.3 is 0 Å². The fraction of sp³-hybridized carbons (Fsp3) is 0.533. The van der Waals surface area contributed by atoms with Crippen LogP contribution in [0.5, 0.6) is 0 Å². The lowest BCUT2D eigenvalue weighted by atomic mass is 10.3. The van der Waals surface area contributed by atoms with Gasteiger partial charge >= 0.3 is 0 Å². The van der Waals surface area contributed by atoms with Gasteiger partial charge in [-0.2, -0.15) is 0 Å². The van der Waals surface area contributed by atoms with Crippen molar-refractivity contribution in [3.63, 3.8) is 0 Å². The van der Waals surface area contributed by atoms with Crippen molar-refractivity contribution in [2.75, 3.05) is 0 Å². The van der Waals surface area contributed by atoms with Crippen molar-refractivity contribution in [2.45, 2.75) is 51.9 Å². The van der Waals surface area contributed by atoms with Crippen molar-refractivity contribution in [3.8, 4) is 5.30 Å². The Morgan fingerprint density at radius 3 is 1.58 bits per heavy atom. The Morgan fingerprint density at radius 1 is 0.789 bits per heavy atom. The molecule has 2 atom stereocenters. The molecule has 1 nitrogen and oxygen atoms in total. The van der Waals surface area contributed by atoms with Gasteiger partial charge in [0.2, 0.25) is 4.89 Å². The Kier molecular flexibility index (Phi) is 3.97. The van der Waals surface area contributed by atoms with Gasteiger partial charge in [0.15, 0.2) is 0 Å². The maximum atomic E-state index is 12.7. The SMILES string of the molecule is CC(C)(C)p1c(=O)p(C(C)(C)C)p1-c1ccccc1. The first kappa shape index (κ1) is 15.2. The standard InChI is InChI=1S/C15H23OP3/c1-14(2,3)17-13(16)18(15(4,5)6)19(17)12-10-8-7-9-11-12/h7-11H,1-6H3. The topological polar surface area (TPSA) is 17.1 Å². The summed E-state index contributed by atoms with van der Waals surface area (Å²) in [6.07, 6.45) is 0. The molecule has 0 saturated carbocycles. The molecular weight excluding hydrogens is 289 g/mol. The van der Waals surface area contributed by atoms with Crippen LogP contribution in [0.15, 0.2) is 35.1 Å². The van der Waals surface area contributed by atoms with E-state index in [0.717, 1.165) is 0 Å². The third kappa shape index (κ3) is 2.80. The summed E-state index contributed by atoms with van der Waals surface area (Å²) in [5, 5.41) is 1.75. The fourth-order valence-corrected chi connectivity index (χ4v) is 24.4. The van der Waals surface area contributed by atoms with Gasteiger partial charge in [-0.15, -0.1) is 0 Å². The molecule has 2 rings (SSSR count). The van der Waals surface area contributed by atoms with Crippen molar-refractivity contribution in [2.24, 2.45) is 0 Å². The van der Waals surface area contributed by atoms with Crippen LogP contribution in [0.4, 0.5) is 0 Å². The number of hydrogen-bond donors (Lipinski definition) is 0. The Hall–Kier alpha value is -0.210. The van der Waals surface area contributed by atoms with Gasteiger partial charge in [-0.3, -0.25) is 4.79 Å². The second-order valence-electron chi connectivity index (χ2n) is 6.87. The molecule has 2 unspecified atom stereocenters. The van der Waals surface area contributed by atoms with E-state index >= 15 is 0 Å².